The molecule has 0 saturated heterocycles. The Morgan fingerprint density at radius 3 is 2.94 bits per heavy atom. The highest BCUT2D eigenvalue weighted by molar-refractivity contribution is 6.31. The molecule has 2 amide bonds. The van der Waals surface area contributed by atoms with Crippen LogP contribution in [0.1, 0.15) is 18.4 Å². The summed E-state index contributed by atoms with van der Waals surface area (Å²) in [6.45, 7) is 2.86. The van der Waals surface area contributed by atoms with Crippen molar-refractivity contribution in [2.24, 2.45) is 0 Å². The van der Waals surface area contributed by atoms with Crippen molar-refractivity contribution in [1.29, 1.82) is 0 Å². The van der Waals surface area contributed by atoms with Crippen LogP contribution in [0.4, 0.5) is 4.79 Å². The second-order valence-electron chi connectivity index (χ2n) is 4.43. The minimum absolute atomic E-state index is 0.117. The van der Waals surface area contributed by atoms with E-state index in [4.69, 9.17) is 16.3 Å². The van der Waals surface area contributed by atoms with Gasteiger partial charge in [-0.1, -0.05) is 11.6 Å². The smallest absolute Gasteiger partial charge is 0.315 e. The summed E-state index contributed by atoms with van der Waals surface area (Å²) in [6.07, 6.45) is 2.18. The SMILES string of the molecule is Cc1cc(OCCNC(=O)NC2CC2)ccc1Cl. The molecule has 1 aromatic carbocycles. The van der Waals surface area contributed by atoms with Gasteiger partial charge in [0.25, 0.3) is 0 Å². The van der Waals surface area contributed by atoms with Gasteiger partial charge in [-0.3, -0.25) is 0 Å². The van der Waals surface area contributed by atoms with E-state index in [0.29, 0.717) is 19.2 Å². The maximum Gasteiger partial charge on any atom is 0.315 e. The van der Waals surface area contributed by atoms with Gasteiger partial charge in [-0.2, -0.15) is 0 Å². The summed E-state index contributed by atoms with van der Waals surface area (Å²) in [6, 6.07) is 5.77. The molecule has 0 atom stereocenters. The lowest BCUT2D eigenvalue weighted by Crippen LogP contribution is -2.38. The number of halogens is 1. The van der Waals surface area contributed by atoms with Crippen LogP contribution in [0.5, 0.6) is 5.75 Å². The summed E-state index contributed by atoms with van der Waals surface area (Å²) >= 11 is 5.92. The highest BCUT2D eigenvalue weighted by Crippen LogP contribution is 2.20. The molecule has 0 spiro atoms. The van der Waals surface area contributed by atoms with Crippen molar-refractivity contribution in [2.45, 2.75) is 25.8 Å². The van der Waals surface area contributed by atoms with Gasteiger partial charge in [0.05, 0.1) is 6.54 Å². The van der Waals surface area contributed by atoms with Crippen LogP contribution >= 0.6 is 11.6 Å². The number of aryl methyl sites for hydroxylation is 1. The molecule has 0 heterocycles. The van der Waals surface area contributed by atoms with Gasteiger partial charge >= 0.3 is 6.03 Å². The van der Waals surface area contributed by atoms with Gasteiger partial charge in [-0.15, -0.1) is 0 Å². The Balaban J connectivity index is 1.64. The Labute approximate surface area is 112 Å². The molecule has 2 N–H and O–H groups in total. The van der Waals surface area contributed by atoms with Crippen molar-refractivity contribution in [1.82, 2.24) is 10.6 Å². The van der Waals surface area contributed by atoms with Gasteiger partial charge in [0.1, 0.15) is 12.4 Å². The first-order valence-corrected chi connectivity index (χ1v) is 6.46. The number of hydrogen-bond acceptors (Lipinski definition) is 2. The average Bonchev–Trinajstić information content (AvgIpc) is 3.13. The normalized spacial score (nSPS) is 14.1. The molecule has 0 unspecified atom stereocenters. The molecule has 18 heavy (non-hydrogen) atoms. The second kappa shape index (κ2) is 5.96. The molecule has 1 fully saturated rings. The summed E-state index contributed by atoms with van der Waals surface area (Å²) in [5.41, 5.74) is 0.980. The van der Waals surface area contributed by atoms with Gasteiger partial charge < -0.3 is 15.4 Å². The van der Waals surface area contributed by atoms with Crippen LogP contribution in [0.3, 0.4) is 0 Å². The van der Waals surface area contributed by atoms with Gasteiger partial charge in [-0.25, -0.2) is 4.79 Å². The summed E-state index contributed by atoms with van der Waals surface area (Å²) < 4.78 is 5.51. The zero-order valence-electron chi connectivity index (χ0n) is 10.3. The predicted molar refractivity (Wildman–Crippen MR) is 71.2 cm³/mol. The molecule has 1 aliphatic rings. The average molecular weight is 269 g/mol. The van der Waals surface area contributed by atoms with Crippen LogP contribution in [0.25, 0.3) is 0 Å². The molecule has 0 aromatic heterocycles. The van der Waals surface area contributed by atoms with Gasteiger partial charge in [-0.05, 0) is 43.5 Å². The molecule has 0 bridgehead atoms. The lowest BCUT2D eigenvalue weighted by atomic mass is 10.2. The fourth-order valence-electron chi connectivity index (χ4n) is 1.50. The van der Waals surface area contributed by atoms with Crippen molar-refractivity contribution < 1.29 is 9.53 Å². The van der Waals surface area contributed by atoms with Crippen molar-refractivity contribution >= 4 is 17.6 Å². The predicted octanol–water partition coefficient (Wildman–Crippen LogP) is 2.49. The molecule has 0 radical (unpaired) electrons. The van der Waals surface area contributed by atoms with Gasteiger partial charge in [0.2, 0.25) is 0 Å². The third kappa shape index (κ3) is 4.11. The zero-order valence-corrected chi connectivity index (χ0v) is 11.1. The standard InChI is InChI=1S/C13H17ClN2O2/c1-9-8-11(4-5-12(9)14)18-7-6-15-13(17)16-10-2-3-10/h4-5,8,10H,2-3,6-7H2,1H3,(H2,15,16,17). The van der Waals surface area contributed by atoms with E-state index < -0.39 is 0 Å². The van der Waals surface area contributed by atoms with Crippen molar-refractivity contribution in [3.05, 3.63) is 28.8 Å². The van der Waals surface area contributed by atoms with Crippen LogP contribution in [0.2, 0.25) is 5.02 Å². The highest BCUT2D eigenvalue weighted by atomic mass is 35.5. The summed E-state index contributed by atoms with van der Waals surface area (Å²) in [5, 5.41) is 6.32. The Morgan fingerprint density at radius 2 is 2.28 bits per heavy atom. The number of hydrogen-bond donors (Lipinski definition) is 2. The monoisotopic (exact) mass is 268 g/mol. The molecule has 98 valence electrons. The Bertz CT molecular complexity index is 433. The molecule has 1 aromatic rings. The Morgan fingerprint density at radius 1 is 1.50 bits per heavy atom. The first-order chi connectivity index (χ1) is 8.65. The van der Waals surface area contributed by atoms with Gasteiger partial charge in [0.15, 0.2) is 0 Å². The third-order valence-electron chi connectivity index (χ3n) is 2.70. The maximum atomic E-state index is 11.3. The minimum atomic E-state index is -0.117. The van der Waals surface area contributed by atoms with Crippen LogP contribution in [0.15, 0.2) is 18.2 Å². The van der Waals surface area contributed by atoms with E-state index in [0.717, 1.165) is 29.2 Å². The number of rotatable bonds is 5. The van der Waals surface area contributed by atoms with E-state index in [1.807, 2.05) is 19.1 Å². The molecule has 1 saturated carbocycles. The number of amides is 2. The van der Waals surface area contributed by atoms with Crippen LogP contribution in [0, 0.1) is 6.92 Å². The number of benzene rings is 1. The summed E-state index contributed by atoms with van der Waals surface area (Å²) in [7, 11) is 0. The zero-order chi connectivity index (χ0) is 13.0. The van der Waals surface area contributed by atoms with E-state index in [1.165, 1.54) is 0 Å². The lowest BCUT2D eigenvalue weighted by molar-refractivity contribution is 0.236. The Kier molecular flexibility index (Phi) is 4.31. The second-order valence-corrected chi connectivity index (χ2v) is 4.84. The van der Waals surface area contributed by atoms with Crippen molar-refractivity contribution in [3.8, 4) is 5.75 Å². The fraction of sp³-hybridized carbons (Fsp3) is 0.462. The number of urea groups is 1. The molecular formula is C13H17ClN2O2. The first-order valence-electron chi connectivity index (χ1n) is 6.08. The topological polar surface area (TPSA) is 50.4 Å². The van der Waals surface area contributed by atoms with E-state index in [9.17, 15) is 4.79 Å². The lowest BCUT2D eigenvalue weighted by Gasteiger charge is -2.09. The fourth-order valence-corrected chi connectivity index (χ4v) is 1.62. The van der Waals surface area contributed by atoms with E-state index in [-0.39, 0.29) is 6.03 Å². The number of nitrogens with one attached hydrogen (secondary N) is 2. The van der Waals surface area contributed by atoms with E-state index >= 15 is 0 Å². The first kappa shape index (κ1) is 13.0. The van der Waals surface area contributed by atoms with Crippen LogP contribution in [-0.4, -0.2) is 25.2 Å². The number of ether oxygens (including phenoxy) is 1. The molecule has 5 heteroatoms. The highest BCUT2D eigenvalue weighted by Gasteiger charge is 2.22. The summed E-state index contributed by atoms with van der Waals surface area (Å²) in [4.78, 5) is 11.3. The van der Waals surface area contributed by atoms with Crippen molar-refractivity contribution in [3.63, 3.8) is 0 Å². The molecule has 0 aliphatic heterocycles. The third-order valence-corrected chi connectivity index (χ3v) is 3.12. The van der Waals surface area contributed by atoms with Crippen LogP contribution in [-0.2, 0) is 0 Å². The quantitative estimate of drug-likeness (QED) is 0.806. The molecule has 1 aliphatic carbocycles. The van der Waals surface area contributed by atoms with E-state index in [1.54, 1.807) is 6.07 Å². The largest absolute Gasteiger partial charge is 0.492 e. The van der Waals surface area contributed by atoms with Crippen molar-refractivity contribution in [2.75, 3.05) is 13.2 Å². The number of carbonyl (C=O) groups excluding carboxylic acids is 1. The number of carbonyl (C=O) groups is 1. The molecule has 4 nitrogen and oxygen atoms in total. The van der Waals surface area contributed by atoms with Gasteiger partial charge in [0, 0.05) is 11.1 Å². The summed E-state index contributed by atoms with van der Waals surface area (Å²) in [5.74, 6) is 0.765. The molecule has 2 rings (SSSR count). The molecular weight excluding hydrogens is 252 g/mol. The minimum Gasteiger partial charge on any atom is -0.492 e. The maximum absolute atomic E-state index is 11.3. The van der Waals surface area contributed by atoms with Crippen LogP contribution < -0.4 is 15.4 Å². The Hall–Kier alpha value is -1.42. The van der Waals surface area contributed by atoms with E-state index in [2.05, 4.69) is 10.6 Å².